The van der Waals surface area contributed by atoms with E-state index < -0.39 is 12.6 Å². The van der Waals surface area contributed by atoms with Crippen LogP contribution in [0.5, 0.6) is 11.5 Å². The van der Waals surface area contributed by atoms with E-state index in [0.717, 1.165) is 0 Å². The molecule has 0 fully saturated rings. The van der Waals surface area contributed by atoms with E-state index in [9.17, 15) is 23.4 Å². The Labute approximate surface area is 163 Å². The predicted molar refractivity (Wildman–Crippen MR) is 95.8 cm³/mol. The highest BCUT2D eigenvalue weighted by atomic mass is 19.4. The number of benzene rings is 2. The van der Waals surface area contributed by atoms with Gasteiger partial charge in [-0.25, -0.2) is 0 Å². The Hall–Kier alpha value is -3.11. The molecule has 1 aromatic heterocycles. The zero-order chi connectivity index (χ0) is 21.2. The Bertz CT molecular complexity index is 964. The van der Waals surface area contributed by atoms with Gasteiger partial charge >= 0.3 is 6.36 Å². The van der Waals surface area contributed by atoms with Crippen molar-refractivity contribution >= 4 is 0 Å². The molecule has 3 aromatic rings. The number of aliphatic hydroxyl groups is 1. The molecule has 3 rings (SSSR count). The van der Waals surface area contributed by atoms with Gasteiger partial charge in [0.25, 0.3) is 5.89 Å². The summed E-state index contributed by atoms with van der Waals surface area (Å²) in [6, 6.07) is 8.59. The van der Waals surface area contributed by atoms with E-state index in [1.165, 1.54) is 24.3 Å². The Morgan fingerprint density at radius 1 is 1.10 bits per heavy atom. The number of halogens is 3. The number of aliphatic hydroxyl groups excluding tert-OH is 1. The van der Waals surface area contributed by atoms with Crippen molar-refractivity contribution in [2.45, 2.75) is 33.0 Å². The van der Waals surface area contributed by atoms with E-state index >= 15 is 0 Å². The largest absolute Gasteiger partial charge is 0.573 e. The van der Waals surface area contributed by atoms with Gasteiger partial charge in [0.05, 0.1) is 0 Å². The van der Waals surface area contributed by atoms with Crippen molar-refractivity contribution in [2.75, 3.05) is 0 Å². The minimum atomic E-state index is -4.75. The molecule has 29 heavy (non-hydrogen) atoms. The second-order valence-electron chi connectivity index (χ2n) is 6.38. The molecule has 3 N–H and O–H groups in total. The molecule has 1 atom stereocenters. The Balaban J connectivity index is 1.63. The van der Waals surface area contributed by atoms with E-state index in [1.54, 1.807) is 26.0 Å². The first-order chi connectivity index (χ1) is 13.6. The zero-order valence-electron chi connectivity index (χ0n) is 15.5. The van der Waals surface area contributed by atoms with Crippen LogP contribution in [0.1, 0.15) is 28.8 Å². The summed E-state index contributed by atoms with van der Waals surface area (Å²) >= 11 is 0. The summed E-state index contributed by atoms with van der Waals surface area (Å²) in [5, 5.41) is 30.5. The van der Waals surface area contributed by atoms with E-state index in [1.807, 2.05) is 0 Å². The maximum Gasteiger partial charge on any atom is 0.573 e. The van der Waals surface area contributed by atoms with Crippen LogP contribution in [0.25, 0.3) is 11.5 Å². The third-order valence-corrected chi connectivity index (χ3v) is 4.07. The number of aryl methyl sites for hydroxylation is 2. The SMILES string of the molecule is Cc1cc(-c2nnc(C(O)NCc3ccc(OC(F)(F)F)cc3)o2)cc(C)c1O. The molecule has 0 saturated heterocycles. The standard InChI is InChI=1S/C19H18F3N3O4/c1-10-7-13(8-11(2)15(10)26)17-24-25-18(28-17)16(27)23-9-12-3-5-14(6-4-12)29-19(20,21)22/h3-8,16,23,26-27H,9H2,1-2H3. The van der Waals surface area contributed by atoms with Gasteiger partial charge in [0.2, 0.25) is 5.89 Å². The molecular formula is C19H18F3N3O4. The summed E-state index contributed by atoms with van der Waals surface area (Å²) in [7, 11) is 0. The van der Waals surface area contributed by atoms with Crippen LogP contribution in [-0.4, -0.2) is 26.8 Å². The topological polar surface area (TPSA) is 101 Å². The van der Waals surface area contributed by atoms with Gasteiger partial charge in [0.15, 0.2) is 6.23 Å². The van der Waals surface area contributed by atoms with Gasteiger partial charge < -0.3 is 19.4 Å². The first kappa shape index (κ1) is 20.6. The lowest BCUT2D eigenvalue weighted by Gasteiger charge is -2.11. The van der Waals surface area contributed by atoms with Crippen LogP contribution in [0.3, 0.4) is 0 Å². The molecule has 0 spiro atoms. The molecule has 0 aliphatic rings. The molecule has 154 valence electrons. The lowest BCUT2D eigenvalue weighted by atomic mass is 10.1. The summed E-state index contributed by atoms with van der Waals surface area (Å²) in [4.78, 5) is 0. The molecule has 0 amide bonds. The number of phenols is 1. The normalized spacial score (nSPS) is 12.8. The van der Waals surface area contributed by atoms with E-state index in [2.05, 4.69) is 20.3 Å². The van der Waals surface area contributed by atoms with E-state index in [-0.39, 0.29) is 29.8 Å². The minimum Gasteiger partial charge on any atom is -0.507 e. The molecule has 0 bridgehead atoms. The van der Waals surface area contributed by atoms with Crippen molar-refractivity contribution in [1.29, 1.82) is 0 Å². The molecule has 0 aliphatic carbocycles. The summed E-state index contributed by atoms with van der Waals surface area (Å²) in [5.41, 5.74) is 2.51. The third kappa shape index (κ3) is 5.24. The average Bonchev–Trinajstić information content (AvgIpc) is 3.14. The van der Waals surface area contributed by atoms with Gasteiger partial charge in [-0.2, -0.15) is 0 Å². The zero-order valence-corrected chi connectivity index (χ0v) is 15.5. The Morgan fingerprint density at radius 3 is 2.31 bits per heavy atom. The van der Waals surface area contributed by atoms with Gasteiger partial charge in [-0.3, -0.25) is 5.32 Å². The monoisotopic (exact) mass is 409 g/mol. The molecule has 2 aromatic carbocycles. The van der Waals surface area contributed by atoms with Crippen LogP contribution in [0.4, 0.5) is 13.2 Å². The third-order valence-electron chi connectivity index (χ3n) is 4.07. The smallest absolute Gasteiger partial charge is 0.507 e. The van der Waals surface area contributed by atoms with Crippen LogP contribution in [0.15, 0.2) is 40.8 Å². The van der Waals surface area contributed by atoms with Crippen LogP contribution >= 0.6 is 0 Å². The van der Waals surface area contributed by atoms with Gasteiger partial charge in [0, 0.05) is 12.1 Å². The lowest BCUT2D eigenvalue weighted by molar-refractivity contribution is -0.274. The van der Waals surface area contributed by atoms with E-state index in [4.69, 9.17) is 4.42 Å². The molecule has 7 nitrogen and oxygen atoms in total. The number of phenolic OH excluding ortho intramolecular Hbond substituents is 1. The number of nitrogens with zero attached hydrogens (tertiary/aromatic N) is 2. The van der Waals surface area contributed by atoms with Gasteiger partial charge in [0.1, 0.15) is 11.5 Å². The van der Waals surface area contributed by atoms with Crippen LogP contribution in [-0.2, 0) is 6.54 Å². The van der Waals surface area contributed by atoms with Crippen molar-refractivity contribution in [3.05, 3.63) is 59.0 Å². The number of rotatable bonds is 6. The molecule has 1 heterocycles. The fraction of sp³-hybridized carbons (Fsp3) is 0.263. The highest BCUT2D eigenvalue weighted by molar-refractivity contribution is 5.59. The average molecular weight is 409 g/mol. The van der Waals surface area contributed by atoms with Crippen LogP contribution < -0.4 is 10.1 Å². The van der Waals surface area contributed by atoms with Crippen molar-refractivity contribution in [3.63, 3.8) is 0 Å². The number of hydrogen-bond donors (Lipinski definition) is 3. The maximum atomic E-state index is 12.2. The fourth-order valence-corrected chi connectivity index (χ4v) is 2.65. The second kappa shape index (κ2) is 8.10. The second-order valence-corrected chi connectivity index (χ2v) is 6.38. The van der Waals surface area contributed by atoms with Crippen molar-refractivity contribution in [1.82, 2.24) is 15.5 Å². The van der Waals surface area contributed by atoms with E-state index in [0.29, 0.717) is 22.3 Å². The van der Waals surface area contributed by atoms with Crippen molar-refractivity contribution < 1.29 is 32.5 Å². The van der Waals surface area contributed by atoms with Crippen LogP contribution in [0, 0.1) is 13.8 Å². The minimum absolute atomic E-state index is 0.0691. The predicted octanol–water partition coefficient (Wildman–Crippen LogP) is 3.74. The summed E-state index contributed by atoms with van der Waals surface area (Å²) < 4.78 is 45.8. The number of aromatic nitrogens is 2. The first-order valence-electron chi connectivity index (χ1n) is 8.52. The highest BCUT2D eigenvalue weighted by Gasteiger charge is 2.31. The number of alkyl halides is 3. The Kier molecular flexibility index (Phi) is 5.76. The first-order valence-corrected chi connectivity index (χ1v) is 8.52. The quantitative estimate of drug-likeness (QED) is 0.533. The Morgan fingerprint density at radius 2 is 1.72 bits per heavy atom. The summed E-state index contributed by atoms with van der Waals surface area (Å²) in [5.74, 6) is -0.0363. The van der Waals surface area contributed by atoms with Gasteiger partial charge in [-0.15, -0.1) is 23.4 Å². The van der Waals surface area contributed by atoms with Gasteiger partial charge in [-0.05, 0) is 54.8 Å². The number of ether oxygens (including phenoxy) is 1. The van der Waals surface area contributed by atoms with Crippen molar-refractivity contribution in [3.8, 4) is 23.0 Å². The fourth-order valence-electron chi connectivity index (χ4n) is 2.65. The molecule has 0 saturated carbocycles. The molecule has 10 heteroatoms. The number of hydrogen-bond acceptors (Lipinski definition) is 7. The molecular weight excluding hydrogens is 391 g/mol. The molecule has 1 unspecified atom stereocenters. The summed E-state index contributed by atoms with van der Waals surface area (Å²) in [6.45, 7) is 3.62. The summed E-state index contributed by atoms with van der Waals surface area (Å²) in [6.07, 6.45) is -6.03. The highest BCUT2D eigenvalue weighted by Crippen LogP contribution is 2.29. The maximum absolute atomic E-state index is 12.2. The number of nitrogens with one attached hydrogen (secondary N) is 1. The van der Waals surface area contributed by atoms with Crippen LogP contribution in [0.2, 0.25) is 0 Å². The lowest BCUT2D eigenvalue weighted by Crippen LogP contribution is -2.21. The van der Waals surface area contributed by atoms with Crippen molar-refractivity contribution in [2.24, 2.45) is 0 Å². The number of aromatic hydroxyl groups is 1. The molecule has 0 aliphatic heterocycles. The van der Waals surface area contributed by atoms with Gasteiger partial charge in [-0.1, -0.05) is 12.1 Å². The molecule has 0 radical (unpaired) electrons.